The van der Waals surface area contributed by atoms with Crippen molar-refractivity contribution in [3.8, 4) is 0 Å². The van der Waals surface area contributed by atoms with Crippen LogP contribution in [0.2, 0.25) is 0 Å². The zero-order valence-corrected chi connectivity index (χ0v) is 17.8. The Bertz CT molecular complexity index is 910. The molecule has 152 valence electrons. The van der Waals surface area contributed by atoms with Crippen LogP contribution >= 0.6 is 0 Å². The van der Waals surface area contributed by atoms with Crippen LogP contribution in [-0.2, 0) is 16.0 Å². The number of fused-ring (bicyclic) bond motifs is 1. The lowest BCUT2D eigenvalue weighted by Gasteiger charge is -2.20. The summed E-state index contributed by atoms with van der Waals surface area (Å²) in [4.78, 5) is 30.4. The van der Waals surface area contributed by atoms with Gasteiger partial charge >= 0.3 is 0 Å². The molecule has 7 nitrogen and oxygen atoms in total. The highest BCUT2D eigenvalue weighted by molar-refractivity contribution is 5.77. The van der Waals surface area contributed by atoms with Crippen LogP contribution in [0, 0.1) is 13.8 Å². The van der Waals surface area contributed by atoms with Crippen molar-refractivity contribution in [1.82, 2.24) is 24.8 Å². The van der Waals surface area contributed by atoms with E-state index < -0.39 is 0 Å². The monoisotopic (exact) mass is 385 g/mol. The highest BCUT2D eigenvalue weighted by Crippen LogP contribution is 2.28. The molecule has 1 N–H and O–H groups in total. The Hall–Kier alpha value is -2.44. The van der Waals surface area contributed by atoms with Gasteiger partial charge in [0.05, 0.1) is 5.69 Å². The molecule has 2 aromatic heterocycles. The second-order valence-corrected chi connectivity index (χ2v) is 8.85. The number of rotatable bonds is 4. The van der Waals surface area contributed by atoms with Gasteiger partial charge in [0.15, 0.2) is 5.65 Å². The summed E-state index contributed by atoms with van der Waals surface area (Å²) in [5, 5.41) is 7.80. The molecular formula is C21H31N5O2. The van der Waals surface area contributed by atoms with Crippen molar-refractivity contribution in [2.75, 3.05) is 13.1 Å². The van der Waals surface area contributed by atoms with E-state index in [1.165, 1.54) is 0 Å². The summed E-state index contributed by atoms with van der Waals surface area (Å²) in [7, 11) is 0. The molecule has 0 bridgehead atoms. The van der Waals surface area contributed by atoms with Gasteiger partial charge < -0.3 is 10.2 Å². The molecule has 0 radical (unpaired) electrons. The van der Waals surface area contributed by atoms with Crippen LogP contribution in [0.1, 0.15) is 69.1 Å². The Kier molecular flexibility index (Phi) is 5.46. The third kappa shape index (κ3) is 4.34. The van der Waals surface area contributed by atoms with Gasteiger partial charge in [-0.15, -0.1) is 0 Å². The highest BCUT2D eigenvalue weighted by Gasteiger charge is 2.28. The topological polar surface area (TPSA) is 79.6 Å². The molecule has 3 heterocycles. The molecule has 0 aromatic carbocycles. The first-order valence-electron chi connectivity index (χ1n) is 9.97. The minimum atomic E-state index is -0.227. The van der Waals surface area contributed by atoms with Crippen molar-refractivity contribution < 1.29 is 9.59 Å². The molecule has 0 saturated carbocycles. The van der Waals surface area contributed by atoms with Gasteiger partial charge in [0.25, 0.3) is 0 Å². The Labute approximate surface area is 166 Å². The molecule has 1 fully saturated rings. The van der Waals surface area contributed by atoms with Gasteiger partial charge in [-0.2, -0.15) is 5.10 Å². The molecule has 1 aliphatic rings. The molecule has 1 saturated heterocycles. The Morgan fingerprint density at radius 2 is 2.00 bits per heavy atom. The van der Waals surface area contributed by atoms with Crippen molar-refractivity contribution in [2.45, 2.75) is 72.3 Å². The van der Waals surface area contributed by atoms with Crippen molar-refractivity contribution in [2.24, 2.45) is 0 Å². The highest BCUT2D eigenvalue weighted by atomic mass is 16.2. The van der Waals surface area contributed by atoms with E-state index in [0.717, 1.165) is 47.8 Å². The molecule has 28 heavy (non-hydrogen) atoms. The molecule has 0 unspecified atom stereocenters. The summed E-state index contributed by atoms with van der Waals surface area (Å²) in [6.07, 6.45) is 2.00. The molecule has 7 heteroatoms. The summed E-state index contributed by atoms with van der Waals surface area (Å²) < 4.78 is 1.88. The predicted octanol–water partition coefficient (Wildman–Crippen LogP) is 2.53. The van der Waals surface area contributed by atoms with E-state index >= 15 is 0 Å². The van der Waals surface area contributed by atoms with E-state index in [9.17, 15) is 9.59 Å². The van der Waals surface area contributed by atoms with Gasteiger partial charge in [-0.25, -0.2) is 9.50 Å². The summed E-state index contributed by atoms with van der Waals surface area (Å²) in [6.45, 7) is 13.1. The van der Waals surface area contributed by atoms with E-state index in [0.29, 0.717) is 12.8 Å². The van der Waals surface area contributed by atoms with Crippen LogP contribution < -0.4 is 5.32 Å². The first kappa shape index (κ1) is 20.3. The van der Waals surface area contributed by atoms with E-state index in [-0.39, 0.29) is 23.3 Å². The summed E-state index contributed by atoms with van der Waals surface area (Å²) in [5.41, 5.74) is 4.63. The third-order valence-electron chi connectivity index (χ3n) is 5.35. The number of carbonyl (C=O) groups is 2. The lowest BCUT2D eigenvalue weighted by Crippen LogP contribution is -2.40. The Morgan fingerprint density at radius 1 is 1.29 bits per heavy atom. The van der Waals surface area contributed by atoms with Gasteiger partial charge in [0, 0.05) is 55.3 Å². The molecule has 1 atom stereocenters. The number of likely N-dealkylation sites (tertiary alicyclic amines) is 1. The van der Waals surface area contributed by atoms with E-state index in [2.05, 4.69) is 5.32 Å². The largest absolute Gasteiger partial charge is 0.351 e. The molecule has 3 rings (SSSR count). The van der Waals surface area contributed by atoms with Crippen LogP contribution in [-0.4, -0.2) is 49.9 Å². The standard InChI is InChI=1S/C21H31N5O2/c1-13-17(7-8-20(28)23-21(4,5)6)14(2)26-19(22-13)11-18(24-26)16-9-10-25(12-16)15(3)27/h11,16H,7-10,12H2,1-6H3,(H,23,28)/t16-/m1/s1. The predicted molar refractivity (Wildman–Crippen MR) is 108 cm³/mol. The van der Waals surface area contributed by atoms with Gasteiger partial charge in [0.2, 0.25) is 11.8 Å². The van der Waals surface area contributed by atoms with Crippen molar-refractivity contribution >= 4 is 17.5 Å². The van der Waals surface area contributed by atoms with Crippen LogP contribution in [0.3, 0.4) is 0 Å². The average molecular weight is 386 g/mol. The lowest BCUT2D eigenvalue weighted by molar-refractivity contribution is -0.127. The number of nitrogens with zero attached hydrogens (tertiary/aromatic N) is 4. The number of amides is 2. The molecule has 1 aliphatic heterocycles. The second kappa shape index (κ2) is 7.53. The minimum absolute atomic E-state index is 0.0443. The van der Waals surface area contributed by atoms with E-state index in [1.807, 2.05) is 50.1 Å². The van der Waals surface area contributed by atoms with Gasteiger partial charge in [-0.1, -0.05) is 0 Å². The third-order valence-corrected chi connectivity index (χ3v) is 5.35. The summed E-state index contributed by atoms with van der Waals surface area (Å²) in [5.74, 6) is 0.418. The zero-order chi connectivity index (χ0) is 20.6. The van der Waals surface area contributed by atoms with Crippen LogP contribution in [0.5, 0.6) is 0 Å². The van der Waals surface area contributed by atoms with E-state index in [4.69, 9.17) is 10.1 Å². The maximum absolute atomic E-state index is 12.2. The number of aryl methyl sites for hydroxylation is 2. The molecule has 2 amide bonds. The number of hydrogen-bond acceptors (Lipinski definition) is 4. The van der Waals surface area contributed by atoms with Crippen molar-refractivity contribution in [3.05, 3.63) is 28.7 Å². The maximum Gasteiger partial charge on any atom is 0.220 e. The molecule has 0 aliphatic carbocycles. The number of hydrogen-bond donors (Lipinski definition) is 1. The number of nitrogens with one attached hydrogen (secondary N) is 1. The number of carbonyl (C=O) groups excluding carboxylic acids is 2. The normalized spacial score (nSPS) is 17.4. The quantitative estimate of drug-likeness (QED) is 0.877. The van der Waals surface area contributed by atoms with Gasteiger partial charge in [-0.3, -0.25) is 9.59 Å². The zero-order valence-electron chi connectivity index (χ0n) is 17.8. The first-order chi connectivity index (χ1) is 13.0. The van der Waals surface area contributed by atoms with Gasteiger partial charge in [-0.05, 0) is 53.0 Å². The average Bonchev–Trinajstić information content (AvgIpc) is 3.19. The Balaban J connectivity index is 1.80. The first-order valence-corrected chi connectivity index (χ1v) is 9.97. The van der Waals surface area contributed by atoms with E-state index in [1.54, 1.807) is 6.92 Å². The fraction of sp³-hybridized carbons (Fsp3) is 0.619. The van der Waals surface area contributed by atoms with Gasteiger partial charge in [0.1, 0.15) is 0 Å². The second-order valence-electron chi connectivity index (χ2n) is 8.85. The van der Waals surface area contributed by atoms with Crippen LogP contribution in [0.15, 0.2) is 6.07 Å². The fourth-order valence-corrected chi connectivity index (χ4v) is 3.91. The maximum atomic E-state index is 12.2. The molecule has 0 spiro atoms. The lowest BCUT2D eigenvalue weighted by atomic mass is 10.0. The molecular weight excluding hydrogens is 354 g/mol. The van der Waals surface area contributed by atoms with Crippen molar-refractivity contribution in [1.29, 1.82) is 0 Å². The smallest absolute Gasteiger partial charge is 0.220 e. The SMILES string of the molecule is CC(=O)N1CC[C@@H](c2cc3nc(C)c(CCC(=O)NC(C)(C)C)c(C)n3n2)C1. The summed E-state index contributed by atoms with van der Waals surface area (Å²) >= 11 is 0. The van der Waals surface area contributed by atoms with Crippen molar-refractivity contribution in [3.63, 3.8) is 0 Å². The molecule has 2 aromatic rings. The minimum Gasteiger partial charge on any atom is -0.351 e. The fourth-order valence-electron chi connectivity index (χ4n) is 3.91. The Morgan fingerprint density at radius 3 is 2.61 bits per heavy atom. The summed E-state index contributed by atoms with van der Waals surface area (Å²) in [6, 6.07) is 2.03. The number of aromatic nitrogens is 3. The van der Waals surface area contributed by atoms with Crippen LogP contribution in [0.4, 0.5) is 0 Å². The van der Waals surface area contributed by atoms with Crippen LogP contribution in [0.25, 0.3) is 5.65 Å².